The molecule has 0 saturated carbocycles. The molecule has 4 N–H and O–H groups in total. The van der Waals surface area contributed by atoms with Gasteiger partial charge in [0.1, 0.15) is 0 Å². The van der Waals surface area contributed by atoms with Crippen LogP contribution in [0, 0.1) is 0 Å². The van der Waals surface area contributed by atoms with Gasteiger partial charge in [-0.1, -0.05) is 12.1 Å². The molecule has 0 radical (unpaired) electrons. The van der Waals surface area contributed by atoms with Crippen molar-refractivity contribution in [1.82, 2.24) is 4.98 Å². The van der Waals surface area contributed by atoms with Crippen molar-refractivity contribution in [1.29, 1.82) is 0 Å². The second-order valence-corrected chi connectivity index (χ2v) is 4.24. The van der Waals surface area contributed by atoms with E-state index in [-0.39, 0.29) is 18.1 Å². The van der Waals surface area contributed by atoms with E-state index in [1.807, 2.05) is 0 Å². The van der Waals surface area contributed by atoms with Crippen molar-refractivity contribution in [3.05, 3.63) is 57.9 Å². The van der Waals surface area contributed by atoms with Gasteiger partial charge in [0, 0.05) is 24.4 Å². The first-order valence-corrected chi connectivity index (χ1v) is 6.03. The molecule has 0 unspecified atom stereocenters. The molecule has 104 valence electrons. The van der Waals surface area contributed by atoms with Crippen LogP contribution in [0.1, 0.15) is 15.9 Å². The molecule has 1 amide bonds. The maximum Gasteiger partial charge on any atom is 0.256 e. The molecule has 0 aliphatic rings. The summed E-state index contributed by atoms with van der Waals surface area (Å²) in [6.45, 7) is 0.0672. The van der Waals surface area contributed by atoms with E-state index in [0.29, 0.717) is 12.1 Å². The second kappa shape index (κ2) is 6.03. The molecule has 1 heterocycles. The number of nitrogens with one attached hydrogen (secondary N) is 2. The number of anilines is 1. The van der Waals surface area contributed by atoms with Crippen LogP contribution in [0.15, 0.2) is 41.2 Å². The first kappa shape index (κ1) is 13.8. The van der Waals surface area contributed by atoms with Crippen LogP contribution in [0.5, 0.6) is 5.88 Å². The number of aromatic hydroxyl groups is 1. The van der Waals surface area contributed by atoms with E-state index in [1.54, 1.807) is 24.3 Å². The van der Waals surface area contributed by atoms with Crippen molar-refractivity contribution in [3.63, 3.8) is 0 Å². The van der Waals surface area contributed by atoms with E-state index in [0.717, 1.165) is 11.6 Å². The molecular weight excluding hydrogens is 260 g/mol. The highest BCUT2D eigenvalue weighted by atomic mass is 16.3. The monoisotopic (exact) mass is 274 g/mol. The van der Waals surface area contributed by atoms with Gasteiger partial charge in [-0.05, 0) is 24.1 Å². The topological polar surface area (TPSA) is 102 Å². The largest absolute Gasteiger partial charge is 0.494 e. The number of H-pyrrole nitrogens is 1. The molecule has 1 aromatic carbocycles. The Labute approximate surface area is 114 Å². The van der Waals surface area contributed by atoms with Crippen molar-refractivity contribution in [2.24, 2.45) is 0 Å². The zero-order chi connectivity index (χ0) is 14.5. The number of carbonyl (C=O) groups is 1. The van der Waals surface area contributed by atoms with Crippen LogP contribution in [0.25, 0.3) is 0 Å². The van der Waals surface area contributed by atoms with Crippen molar-refractivity contribution >= 4 is 11.6 Å². The van der Waals surface area contributed by atoms with E-state index in [1.165, 1.54) is 6.07 Å². The van der Waals surface area contributed by atoms with E-state index in [2.05, 4.69) is 10.3 Å². The Bertz CT molecular complexity index is 662. The Hall–Kier alpha value is -2.60. The third-order valence-electron chi connectivity index (χ3n) is 2.70. The SMILES string of the molecule is O=C(Nc1ccc(CCO)cc1)c1cc(O)[nH]c(=O)c1. The smallest absolute Gasteiger partial charge is 0.256 e. The molecule has 1 aromatic heterocycles. The van der Waals surface area contributed by atoms with E-state index in [9.17, 15) is 14.7 Å². The number of aromatic amines is 1. The summed E-state index contributed by atoms with van der Waals surface area (Å²) < 4.78 is 0. The molecule has 0 bridgehead atoms. The lowest BCUT2D eigenvalue weighted by molar-refractivity contribution is 0.102. The van der Waals surface area contributed by atoms with Crippen LogP contribution in [0.2, 0.25) is 0 Å². The predicted molar refractivity (Wildman–Crippen MR) is 73.9 cm³/mol. The highest BCUT2D eigenvalue weighted by Crippen LogP contribution is 2.12. The summed E-state index contributed by atoms with van der Waals surface area (Å²) in [5.41, 5.74) is 1.05. The van der Waals surface area contributed by atoms with E-state index >= 15 is 0 Å². The average Bonchev–Trinajstić information content (AvgIpc) is 2.40. The molecule has 0 aliphatic heterocycles. The average molecular weight is 274 g/mol. The lowest BCUT2D eigenvalue weighted by Gasteiger charge is -2.06. The van der Waals surface area contributed by atoms with Crippen molar-refractivity contribution in [2.45, 2.75) is 6.42 Å². The number of rotatable bonds is 4. The number of aliphatic hydroxyl groups is 1. The number of benzene rings is 1. The van der Waals surface area contributed by atoms with Gasteiger partial charge in [-0.2, -0.15) is 0 Å². The minimum Gasteiger partial charge on any atom is -0.494 e. The minimum atomic E-state index is -0.548. The summed E-state index contributed by atoms with van der Waals surface area (Å²) in [5.74, 6) is -0.845. The van der Waals surface area contributed by atoms with Gasteiger partial charge >= 0.3 is 0 Å². The number of pyridine rings is 1. The zero-order valence-electron chi connectivity index (χ0n) is 10.6. The van der Waals surface area contributed by atoms with Gasteiger partial charge in [0.25, 0.3) is 11.5 Å². The minimum absolute atomic E-state index is 0.0672. The van der Waals surface area contributed by atoms with Gasteiger partial charge in [0.15, 0.2) is 5.88 Å². The van der Waals surface area contributed by atoms with Crippen LogP contribution in [0.4, 0.5) is 5.69 Å². The standard InChI is InChI=1S/C14H14N2O4/c17-6-5-9-1-3-11(4-2-9)15-14(20)10-7-12(18)16-13(19)8-10/h1-4,7-8,17H,5-6H2,(H,15,20)(H2,16,18,19). The molecule has 20 heavy (non-hydrogen) atoms. The van der Waals surface area contributed by atoms with E-state index < -0.39 is 11.5 Å². The van der Waals surface area contributed by atoms with Gasteiger partial charge in [-0.15, -0.1) is 0 Å². The molecule has 0 aliphatic carbocycles. The lowest BCUT2D eigenvalue weighted by atomic mass is 10.1. The van der Waals surface area contributed by atoms with Crippen molar-refractivity contribution in [2.75, 3.05) is 11.9 Å². The summed E-state index contributed by atoms with van der Waals surface area (Å²) in [6.07, 6.45) is 0.552. The molecular formula is C14H14N2O4. The maximum absolute atomic E-state index is 11.9. The summed E-state index contributed by atoms with van der Waals surface area (Å²) in [5, 5.41) is 20.7. The molecule has 6 heteroatoms. The Morgan fingerprint density at radius 3 is 2.50 bits per heavy atom. The highest BCUT2D eigenvalue weighted by molar-refractivity contribution is 6.04. The third-order valence-corrected chi connectivity index (χ3v) is 2.70. The van der Waals surface area contributed by atoms with Gasteiger partial charge in [-0.3, -0.25) is 14.6 Å². The highest BCUT2D eigenvalue weighted by Gasteiger charge is 2.08. The van der Waals surface area contributed by atoms with Crippen LogP contribution in [-0.4, -0.2) is 27.7 Å². The summed E-state index contributed by atoms with van der Waals surface area (Å²) >= 11 is 0. The molecule has 2 rings (SSSR count). The molecule has 2 aromatic rings. The van der Waals surface area contributed by atoms with Crippen LogP contribution < -0.4 is 10.9 Å². The van der Waals surface area contributed by atoms with Crippen molar-refractivity contribution < 1.29 is 15.0 Å². The predicted octanol–water partition coefficient (Wildman–Crippen LogP) is 0.868. The quantitative estimate of drug-likeness (QED) is 0.664. The lowest BCUT2D eigenvalue weighted by Crippen LogP contribution is -2.15. The summed E-state index contributed by atoms with van der Waals surface area (Å²) in [6, 6.07) is 9.28. The molecule has 6 nitrogen and oxygen atoms in total. The first-order valence-electron chi connectivity index (χ1n) is 6.03. The Balaban J connectivity index is 2.12. The fraction of sp³-hybridized carbons (Fsp3) is 0.143. The van der Waals surface area contributed by atoms with Gasteiger partial charge in [0.2, 0.25) is 0 Å². The third kappa shape index (κ3) is 3.46. The van der Waals surface area contributed by atoms with E-state index in [4.69, 9.17) is 5.11 Å². The molecule has 0 saturated heterocycles. The molecule has 0 atom stereocenters. The zero-order valence-corrected chi connectivity index (χ0v) is 10.6. The molecule has 0 fully saturated rings. The van der Waals surface area contributed by atoms with Crippen molar-refractivity contribution in [3.8, 4) is 5.88 Å². The van der Waals surface area contributed by atoms with Gasteiger partial charge < -0.3 is 15.5 Å². The van der Waals surface area contributed by atoms with Gasteiger partial charge in [-0.25, -0.2) is 0 Å². The Morgan fingerprint density at radius 1 is 1.20 bits per heavy atom. The number of hydrogen-bond donors (Lipinski definition) is 4. The first-order chi connectivity index (χ1) is 9.58. The van der Waals surface area contributed by atoms with Crippen LogP contribution in [-0.2, 0) is 6.42 Å². The maximum atomic E-state index is 11.9. The normalized spacial score (nSPS) is 10.2. The fourth-order valence-corrected chi connectivity index (χ4v) is 1.75. The van der Waals surface area contributed by atoms with Crippen LogP contribution >= 0.6 is 0 Å². The Morgan fingerprint density at radius 2 is 1.90 bits per heavy atom. The number of aliphatic hydroxyl groups excluding tert-OH is 1. The number of amides is 1. The number of aromatic nitrogens is 1. The molecule has 0 spiro atoms. The van der Waals surface area contributed by atoms with Crippen LogP contribution in [0.3, 0.4) is 0 Å². The fourth-order valence-electron chi connectivity index (χ4n) is 1.75. The van der Waals surface area contributed by atoms with Gasteiger partial charge in [0.05, 0.1) is 5.56 Å². The number of carbonyl (C=O) groups excluding carboxylic acids is 1. The summed E-state index contributed by atoms with van der Waals surface area (Å²) in [7, 11) is 0. The number of hydrogen-bond acceptors (Lipinski definition) is 4. The Kier molecular flexibility index (Phi) is 4.17. The second-order valence-electron chi connectivity index (χ2n) is 4.24. The summed E-state index contributed by atoms with van der Waals surface area (Å²) in [4.78, 5) is 25.2.